The highest BCUT2D eigenvalue weighted by Crippen LogP contribution is 2.37. The quantitative estimate of drug-likeness (QED) is 0.339. The summed E-state index contributed by atoms with van der Waals surface area (Å²) in [5.74, 6) is 1.59. The lowest BCUT2D eigenvalue weighted by Gasteiger charge is -2.16. The molecule has 1 aliphatic rings. The lowest BCUT2D eigenvalue weighted by Crippen LogP contribution is -2.18. The Bertz CT molecular complexity index is 1040. The second-order valence-electron chi connectivity index (χ2n) is 7.28. The third-order valence-electron chi connectivity index (χ3n) is 4.43. The maximum atomic E-state index is 12.7. The van der Waals surface area contributed by atoms with Gasteiger partial charge in [0.1, 0.15) is 41.5 Å². The predicted octanol–water partition coefficient (Wildman–Crippen LogP) is 3.19. The SMILES string of the molecule is COCC(C)Oc1cc(Oc2ccc3c(c2)OCCN(C)S3)cc(C(=O)N=C(N)/C=C\N)c1. The van der Waals surface area contributed by atoms with Gasteiger partial charge in [0, 0.05) is 31.4 Å². The van der Waals surface area contributed by atoms with Crippen molar-refractivity contribution in [3.8, 4) is 23.0 Å². The Balaban J connectivity index is 1.90. The Labute approximate surface area is 197 Å². The van der Waals surface area contributed by atoms with Gasteiger partial charge in [-0.3, -0.25) is 4.79 Å². The molecule has 0 aromatic heterocycles. The highest BCUT2D eigenvalue weighted by molar-refractivity contribution is 7.97. The van der Waals surface area contributed by atoms with Crippen molar-refractivity contribution in [3.05, 3.63) is 54.2 Å². The number of likely N-dealkylation sites (N-methyl/N-ethyl adjacent to an activating group) is 1. The maximum absolute atomic E-state index is 12.7. The molecule has 9 nitrogen and oxygen atoms in total. The number of rotatable bonds is 8. The van der Waals surface area contributed by atoms with E-state index in [9.17, 15) is 4.79 Å². The number of nitrogens with two attached hydrogens (primary N) is 2. The number of benzene rings is 2. The fourth-order valence-corrected chi connectivity index (χ4v) is 3.85. The van der Waals surface area contributed by atoms with Gasteiger partial charge in [-0.25, -0.2) is 4.31 Å². The smallest absolute Gasteiger partial charge is 0.279 e. The van der Waals surface area contributed by atoms with Gasteiger partial charge >= 0.3 is 0 Å². The summed E-state index contributed by atoms with van der Waals surface area (Å²) in [6, 6.07) is 10.5. The largest absolute Gasteiger partial charge is 0.491 e. The molecule has 1 aliphatic heterocycles. The van der Waals surface area contributed by atoms with Crippen molar-refractivity contribution < 1.29 is 23.7 Å². The lowest BCUT2D eigenvalue weighted by atomic mass is 10.2. The van der Waals surface area contributed by atoms with Crippen molar-refractivity contribution in [1.82, 2.24) is 4.31 Å². The molecule has 10 heteroatoms. The first-order valence-corrected chi connectivity index (χ1v) is 11.1. The molecule has 176 valence electrons. The van der Waals surface area contributed by atoms with Crippen LogP contribution in [-0.4, -0.2) is 56.1 Å². The lowest BCUT2D eigenvalue weighted by molar-refractivity contribution is 0.0915. The minimum absolute atomic E-state index is 0.00518. The number of methoxy groups -OCH3 is 1. The monoisotopic (exact) mass is 472 g/mol. The van der Waals surface area contributed by atoms with Crippen LogP contribution in [-0.2, 0) is 4.74 Å². The third kappa shape index (κ3) is 7.14. The van der Waals surface area contributed by atoms with E-state index in [2.05, 4.69) is 9.30 Å². The van der Waals surface area contributed by atoms with Crippen LogP contribution in [0.5, 0.6) is 23.0 Å². The molecule has 2 aromatic carbocycles. The van der Waals surface area contributed by atoms with Gasteiger partial charge in [0.2, 0.25) is 0 Å². The topological polar surface area (TPSA) is 122 Å². The van der Waals surface area contributed by atoms with Gasteiger partial charge < -0.3 is 30.4 Å². The summed E-state index contributed by atoms with van der Waals surface area (Å²) >= 11 is 1.61. The molecular formula is C23H28N4O5S. The number of amides is 1. The fraction of sp³-hybridized carbons (Fsp3) is 0.304. The zero-order valence-corrected chi connectivity index (χ0v) is 19.6. The van der Waals surface area contributed by atoms with E-state index < -0.39 is 5.91 Å². The van der Waals surface area contributed by atoms with Crippen LogP contribution >= 0.6 is 11.9 Å². The Morgan fingerprint density at radius 1 is 1.27 bits per heavy atom. The van der Waals surface area contributed by atoms with Crippen LogP contribution in [0, 0.1) is 0 Å². The molecule has 33 heavy (non-hydrogen) atoms. The highest BCUT2D eigenvalue weighted by Gasteiger charge is 2.16. The number of carbonyl (C=O) groups excluding carboxylic acids is 1. The molecule has 0 saturated heterocycles. The van der Waals surface area contributed by atoms with Gasteiger partial charge in [-0.2, -0.15) is 4.99 Å². The molecule has 1 amide bonds. The molecule has 1 unspecified atom stereocenters. The van der Waals surface area contributed by atoms with E-state index in [1.165, 1.54) is 12.3 Å². The molecule has 1 atom stereocenters. The average molecular weight is 473 g/mol. The van der Waals surface area contributed by atoms with Crippen molar-refractivity contribution in [1.29, 1.82) is 0 Å². The number of carbonyl (C=O) groups is 1. The molecule has 2 aromatic rings. The summed E-state index contributed by atoms with van der Waals surface area (Å²) in [4.78, 5) is 17.5. The average Bonchev–Trinajstić information content (AvgIpc) is 2.94. The summed E-state index contributed by atoms with van der Waals surface area (Å²) in [5.41, 5.74) is 11.3. The van der Waals surface area contributed by atoms with E-state index >= 15 is 0 Å². The number of hydrogen-bond acceptors (Lipinski definition) is 8. The van der Waals surface area contributed by atoms with E-state index in [4.69, 9.17) is 30.4 Å². The van der Waals surface area contributed by atoms with E-state index in [1.807, 2.05) is 32.2 Å². The zero-order chi connectivity index (χ0) is 23.8. The standard InChI is InChI=1S/C23H28N4O5S/c1-15(14-29-3)31-18-10-16(23(28)26-22(25)6-7-24)11-19(12-18)32-17-4-5-21-20(13-17)30-9-8-27(2)33-21/h4-7,10-13,15H,8-9,14,24H2,1-3H3,(H2,25,26,28)/b7-6-. The van der Waals surface area contributed by atoms with Gasteiger partial charge in [-0.05, 0) is 62.5 Å². The second kappa shape index (κ2) is 11.6. The number of nitrogens with zero attached hydrogens (tertiary/aromatic N) is 2. The molecular weight excluding hydrogens is 444 g/mol. The van der Waals surface area contributed by atoms with E-state index in [0.717, 1.165) is 17.2 Å². The first-order chi connectivity index (χ1) is 15.9. The molecule has 0 radical (unpaired) electrons. The minimum atomic E-state index is -0.551. The zero-order valence-electron chi connectivity index (χ0n) is 18.8. The predicted molar refractivity (Wildman–Crippen MR) is 128 cm³/mol. The van der Waals surface area contributed by atoms with Crippen molar-refractivity contribution in [2.24, 2.45) is 16.5 Å². The second-order valence-corrected chi connectivity index (χ2v) is 8.53. The van der Waals surface area contributed by atoms with Crippen LogP contribution in [0.1, 0.15) is 17.3 Å². The number of hydrogen-bond donors (Lipinski definition) is 2. The first-order valence-electron chi connectivity index (χ1n) is 10.3. The van der Waals surface area contributed by atoms with Crippen molar-refractivity contribution in [3.63, 3.8) is 0 Å². The summed E-state index contributed by atoms with van der Waals surface area (Å²) in [6.07, 6.45) is 2.31. The van der Waals surface area contributed by atoms with Crippen molar-refractivity contribution in [2.75, 3.05) is 33.9 Å². The molecule has 4 N–H and O–H groups in total. The van der Waals surface area contributed by atoms with Crippen LogP contribution in [0.2, 0.25) is 0 Å². The first kappa shape index (κ1) is 24.4. The van der Waals surface area contributed by atoms with Gasteiger partial charge in [0.25, 0.3) is 5.91 Å². The summed E-state index contributed by atoms with van der Waals surface area (Å²) in [5, 5.41) is 0. The number of ether oxygens (including phenoxy) is 4. The molecule has 0 bridgehead atoms. The molecule has 0 spiro atoms. The number of amidine groups is 1. The van der Waals surface area contributed by atoms with Crippen LogP contribution in [0.4, 0.5) is 0 Å². The van der Waals surface area contributed by atoms with Crippen molar-refractivity contribution >= 4 is 23.7 Å². The van der Waals surface area contributed by atoms with Crippen molar-refractivity contribution in [2.45, 2.75) is 17.9 Å². The molecule has 0 aliphatic carbocycles. The molecule has 0 saturated carbocycles. The Hall–Kier alpha value is -3.21. The normalized spacial score (nSPS) is 15.4. The molecule has 3 rings (SSSR count). The van der Waals surface area contributed by atoms with Crippen LogP contribution < -0.4 is 25.7 Å². The van der Waals surface area contributed by atoms with Gasteiger partial charge in [0.05, 0.1) is 11.5 Å². The Morgan fingerprint density at radius 3 is 2.82 bits per heavy atom. The Morgan fingerprint density at radius 2 is 2.06 bits per heavy atom. The van der Waals surface area contributed by atoms with Gasteiger partial charge in [-0.15, -0.1) is 0 Å². The van der Waals surface area contributed by atoms with Gasteiger partial charge in [-0.1, -0.05) is 0 Å². The number of aliphatic imine (C=N–C) groups is 1. The fourth-order valence-electron chi connectivity index (χ4n) is 3.01. The number of fused-ring (bicyclic) bond motifs is 1. The summed E-state index contributed by atoms with van der Waals surface area (Å²) in [6.45, 7) is 3.63. The minimum Gasteiger partial charge on any atom is -0.491 e. The van der Waals surface area contributed by atoms with E-state index in [-0.39, 0.29) is 17.5 Å². The van der Waals surface area contributed by atoms with Crippen LogP contribution in [0.25, 0.3) is 0 Å². The van der Waals surface area contributed by atoms with E-state index in [1.54, 1.807) is 37.3 Å². The van der Waals surface area contributed by atoms with Crippen LogP contribution in [0.15, 0.2) is 58.6 Å². The van der Waals surface area contributed by atoms with E-state index in [0.29, 0.717) is 30.5 Å². The highest BCUT2D eigenvalue weighted by atomic mass is 32.2. The molecule has 0 fully saturated rings. The molecule has 1 heterocycles. The third-order valence-corrected chi connectivity index (χ3v) is 5.46. The maximum Gasteiger partial charge on any atom is 0.279 e. The van der Waals surface area contributed by atoms with Gasteiger partial charge in [0.15, 0.2) is 0 Å². The van der Waals surface area contributed by atoms with Crippen LogP contribution in [0.3, 0.4) is 0 Å². The Kier molecular flexibility index (Phi) is 8.58. The summed E-state index contributed by atoms with van der Waals surface area (Å²) < 4.78 is 25.0. The summed E-state index contributed by atoms with van der Waals surface area (Å²) in [7, 11) is 3.61.